The van der Waals surface area contributed by atoms with E-state index in [9.17, 15) is 0 Å². The normalized spacial score (nSPS) is 11.5. The maximum absolute atomic E-state index is 5.35. The van der Waals surface area contributed by atoms with Crippen LogP contribution in [0.5, 0.6) is 0 Å². The van der Waals surface area contributed by atoms with Gasteiger partial charge in [0.25, 0.3) is 0 Å². The first-order valence-corrected chi connectivity index (χ1v) is 33.4. The van der Waals surface area contributed by atoms with Gasteiger partial charge in [0.05, 0.1) is 22.1 Å². The second-order valence-corrected chi connectivity index (χ2v) is 25.1. The van der Waals surface area contributed by atoms with Gasteiger partial charge in [0.2, 0.25) is 0 Å². The van der Waals surface area contributed by atoms with Gasteiger partial charge in [-0.2, -0.15) is 0 Å². The summed E-state index contributed by atoms with van der Waals surface area (Å²) in [5.41, 5.74) is 24.1. The summed E-state index contributed by atoms with van der Waals surface area (Å²) in [6.07, 6.45) is 0. The largest absolute Gasteiger partial charge is 0.343 e. The van der Waals surface area contributed by atoms with Crippen LogP contribution in [0.15, 0.2) is 346 Å². The molecule has 0 aliphatic carbocycles. The summed E-state index contributed by atoms with van der Waals surface area (Å²) in [6.45, 7) is 0. The van der Waals surface area contributed by atoms with Crippen molar-refractivity contribution < 1.29 is 0 Å². The van der Waals surface area contributed by atoms with E-state index >= 15 is 0 Å². The maximum atomic E-state index is 5.35. The molecule has 8 nitrogen and oxygen atoms in total. The molecule has 0 unspecified atom stereocenters. The second kappa shape index (κ2) is 24.8. The van der Waals surface area contributed by atoms with Crippen LogP contribution in [0.25, 0.3) is 184 Å². The molecule has 0 aliphatic rings. The Kier molecular flexibility index (Phi) is 14.6. The van der Waals surface area contributed by atoms with Gasteiger partial charge < -0.3 is 9.13 Å². The van der Waals surface area contributed by atoms with Gasteiger partial charge in [-0.05, 0) is 116 Å². The molecular weight excluding hydrogens is 1210 g/mol. The van der Waals surface area contributed by atoms with Crippen LogP contribution >= 0.6 is 0 Å². The lowest BCUT2D eigenvalue weighted by atomic mass is 9.95. The molecule has 0 fully saturated rings. The monoisotopic (exact) mass is 1260 g/mol. The third kappa shape index (κ3) is 10.8. The minimum atomic E-state index is 0.585. The zero-order valence-corrected chi connectivity index (χ0v) is 54.0. The van der Waals surface area contributed by atoms with Crippen LogP contribution in [-0.4, -0.2) is 39.0 Å². The van der Waals surface area contributed by atoms with Gasteiger partial charge >= 0.3 is 0 Å². The molecule has 0 radical (unpaired) electrons. The van der Waals surface area contributed by atoms with Crippen molar-refractivity contribution in [2.24, 2.45) is 7.05 Å². The highest BCUT2D eigenvalue weighted by atomic mass is 15.0. The predicted octanol–water partition coefficient (Wildman–Crippen LogP) is 22.8. The topological polar surface area (TPSA) is 87.2 Å². The third-order valence-corrected chi connectivity index (χ3v) is 19.0. The van der Waals surface area contributed by atoms with Crippen molar-refractivity contribution in [3.8, 4) is 141 Å². The van der Waals surface area contributed by atoms with Crippen LogP contribution < -0.4 is 0 Å². The van der Waals surface area contributed by atoms with Crippen molar-refractivity contribution in [2.45, 2.75) is 0 Å². The van der Waals surface area contributed by atoms with Crippen molar-refractivity contribution in [2.75, 3.05) is 0 Å². The van der Waals surface area contributed by atoms with E-state index in [1.165, 1.54) is 16.2 Å². The molecule has 0 aliphatic heterocycles. The maximum Gasteiger partial charge on any atom is 0.164 e. The van der Waals surface area contributed by atoms with Crippen molar-refractivity contribution in [3.05, 3.63) is 346 Å². The van der Waals surface area contributed by atoms with E-state index in [1.54, 1.807) is 0 Å². The Balaban J connectivity index is 0.787. The van der Waals surface area contributed by atoms with E-state index in [1.807, 2.05) is 36.4 Å². The molecular formula is C91H60N8. The van der Waals surface area contributed by atoms with Gasteiger partial charge in [-0.25, -0.2) is 29.9 Å². The predicted molar refractivity (Wildman–Crippen MR) is 407 cm³/mol. The summed E-state index contributed by atoms with van der Waals surface area (Å²) in [5.74, 6) is 3.57. The van der Waals surface area contributed by atoms with Gasteiger partial charge in [-0.3, -0.25) is 0 Å². The number of hydrogen-bond donors (Lipinski definition) is 0. The van der Waals surface area contributed by atoms with E-state index in [-0.39, 0.29) is 0 Å². The number of benzene rings is 14. The van der Waals surface area contributed by atoms with Crippen LogP contribution in [0, 0.1) is 0 Å². The van der Waals surface area contributed by atoms with Crippen LogP contribution in [0.2, 0.25) is 0 Å². The fourth-order valence-electron chi connectivity index (χ4n) is 14.2. The van der Waals surface area contributed by atoms with E-state index < -0.39 is 0 Å². The lowest BCUT2D eigenvalue weighted by Gasteiger charge is -2.13. The van der Waals surface area contributed by atoms with Crippen molar-refractivity contribution in [1.82, 2.24) is 39.0 Å². The Labute approximate surface area is 572 Å². The molecule has 0 amide bonds. The zero-order chi connectivity index (χ0) is 65.8. The average Bonchev–Trinajstić information content (AvgIpc) is 1.54. The first kappa shape index (κ1) is 58.3. The Bertz CT molecular complexity index is 5930. The molecule has 14 aromatic carbocycles. The number of para-hydroxylation sites is 3. The van der Waals surface area contributed by atoms with Crippen molar-refractivity contribution in [3.63, 3.8) is 0 Å². The Morgan fingerprint density at radius 3 is 0.929 bits per heavy atom. The van der Waals surface area contributed by atoms with Gasteiger partial charge in [-0.15, -0.1) is 0 Å². The smallest absolute Gasteiger partial charge is 0.164 e. The number of nitrogens with zero attached hydrogens (tertiary/aromatic N) is 8. The molecule has 18 rings (SSSR count). The molecule has 0 spiro atoms. The second-order valence-electron chi connectivity index (χ2n) is 25.1. The minimum absolute atomic E-state index is 0.585. The molecule has 99 heavy (non-hydrogen) atoms. The highest BCUT2D eigenvalue weighted by Crippen LogP contribution is 2.48. The number of aromatic nitrogens is 8. The fourth-order valence-corrected chi connectivity index (χ4v) is 14.2. The Hall–Kier alpha value is -13.3. The zero-order valence-electron chi connectivity index (χ0n) is 54.0. The van der Waals surface area contributed by atoms with E-state index in [0.717, 1.165) is 133 Å². The van der Waals surface area contributed by atoms with Gasteiger partial charge in [0, 0.05) is 78.8 Å². The first-order chi connectivity index (χ1) is 49.0. The summed E-state index contributed by atoms with van der Waals surface area (Å²) in [4.78, 5) is 31.6. The highest BCUT2D eigenvalue weighted by molar-refractivity contribution is 6.30. The molecule has 0 saturated heterocycles. The minimum Gasteiger partial charge on any atom is -0.343 e. The quantitative estimate of drug-likeness (QED) is 0.114. The molecule has 0 saturated carbocycles. The van der Waals surface area contributed by atoms with E-state index in [2.05, 4.69) is 326 Å². The average molecular weight is 1270 g/mol. The van der Waals surface area contributed by atoms with Crippen LogP contribution in [0.1, 0.15) is 0 Å². The van der Waals surface area contributed by atoms with Crippen molar-refractivity contribution >= 4 is 43.6 Å². The first-order valence-electron chi connectivity index (χ1n) is 33.4. The highest BCUT2D eigenvalue weighted by Gasteiger charge is 2.26. The lowest BCUT2D eigenvalue weighted by molar-refractivity contribution is 1.02. The van der Waals surface area contributed by atoms with Gasteiger partial charge in [-0.1, -0.05) is 285 Å². The molecule has 464 valence electrons. The fraction of sp³-hybridized carbons (Fsp3) is 0.0110. The van der Waals surface area contributed by atoms with Crippen molar-refractivity contribution in [1.29, 1.82) is 0 Å². The Morgan fingerprint density at radius 2 is 0.515 bits per heavy atom. The molecule has 0 N–H and O–H groups in total. The molecule has 0 bridgehead atoms. The molecule has 18 aromatic rings. The summed E-state index contributed by atoms with van der Waals surface area (Å²) in [5, 5.41) is 4.66. The standard InChI is InChI=1S/C91H60N8/c1-98-83-76(63-44-48-67(49-45-63)88-92-86(65-34-17-6-18-35-65)94-90(96-88)73-54-69(59-26-9-2-10-27-59)52-70(55-73)60-28-11-3-12-29-60)41-25-42-78(83)82-84(98)79(58-80-77-40-23-24-43-81(77)99(85(80)82)75-38-21-8-22-39-75)64-46-50-68(51-47-64)89-93-87(66-36-19-7-20-37-66)95-91(97-89)74-56-71(61-30-13-4-14-31-61)53-72(57-74)62-32-15-5-16-33-62/h2-58H,1H3. The van der Waals surface area contributed by atoms with Gasteiger partial charge in [0.1, 0.15) is 0 Å². The molecule has 4 heterocycles. The summed E-state index contributed by atoms with van der Waals surface area (Å²) in [7, 11) is 2.22. The van der Waals surface area contributed by atoms with Crippen LogP contribution in [-0.2, 0) is 7.05 Å². The number of hydrogen-bond acceptors (Lipinski definition) is 6. The SMILES string of the molecule is Cn1c2c(-c3ccc(-c4nc(-c5ccccc5)nc(-c5cc(-c6ccccc6)cc(-c6ccccc6)c5)n4)cc3)cccc2c2c1c(-c1ccc(-c3nc(-c4ccccc4)nc(-c4cc(-c5ccccc5)cc(-c5ccccc5)c4)n3)cc1)cc1c3ccccc3n(-c3ccccc3)c12. The number of rotatable bonds is 13. The number of fused-ring (bicyclic) bond motifs is 7. The Morgan fingerprint density at radius 1 is 0.202 bits per heavy atom. The molecule has 4 aromatic heterocycles. The number of aryl methyl sites for hydroxylation is 1. The van der Waals surface area contributed by atoms with Gasteiger partial charge in [0.15, 0.2) is 34.9 Å². The van der Waals surface area contributed by atoms with Crippen LogP contribution in [0.3, 0.4) is 0 Å². The third-order valence-electron chi connectivity index (χ3n) is 19.0. The van der Waals surface area contributed by atoms with Crippen LogP contribution in [0.4, 0.5) is 0 Å². The lowest BCUT2D eigenvalue weighted by Crippen LogP contribution is -2.00. The van der Waals surface area contributed by atoms with E-state index in [0.29, 0.717) is 34.9 Å². The summed E-state index contributed by atoms with van der Waals surface area (Å²) in [6, 6.07) is 122. The molecule has 0 atom stereocenters. The molecule has 8 heteroatoms. The summed E-state index contributed by atoms with van der Waals surface area (Å²) < 4.78 is 4.87. The summed E-state index contributed by atoms with van der Waals surface area (Å²) >= 11 is 0. The van der Waals surface area contributed by atoms with E-state index in [4.69, 9.17) is 29.9 Å².